The van der Waals surface area contributed by atoms with Crippen molar-refractivity contribution in [1.82, 2.24) is 5.32 Å². The molecule has 0 aliphatic heterocycles. The van der Waals surface area contributed by atoms with Crippen molar-refractivity contribution >= 4 is 29.1 Å². The molecule has 0 fully saturated rings. The van der Waals surface area contributed by atoms with Gasteiger partial charge in [-0.15, -0.1) is 0 Å². The van der Waals surface area contributed by atoms with Gasteiger partial charge < -0.3 is 5.32 Å². The molecule has 0 saturated carbocycles. The summed E-state index contributed by atoms with van der Waals surface area (Å²) in [6.45, 7) is 0.571. The monoisotopic (exact) mass is 293 g/mol. The van der Waals surface area contributed by atoms with Crippen LogP contribution >= 0.6 is 23.2 Å². The number of nitrogens with one attached hydrogen (secondary N) is 1. The van der Waals surface area contributed by atoms with Crippen molar-refractivity contribution in [3.8, 4) is 0 Å². The zero-order valence-corrected chi connectivity index (χ0v) is 11.7. The molecule has 98 valence electrons. The average Bonchev–Trinajstić information content (AvgIpc) is 2.39. The summed E-state index contributed by atoms with van der Waals surface area (Å²) in [6.07, 6.45) is 0.750. The fourth-order valence-corrected chi connectivity index (χ4v) is 2.06. The highest BCUT2D eigenvalue weighted by molar-refractivity contribution is 6.30. The molecule has 0 atom stereocenters. The topological polar surface area (TPSA) is 29.1 Å². The van der Waals surface area contributed by atoms with Crippen molar-refractivity contribution in [2.75, 3.05) is 6.54 Å². The number of carbonyl (C=O) groups is 1. The van der Waals surface area contributed by atoms with Crippen LogP contribution < -0.4 is 5.32 Å². The largest absolute Gasteiger partial charge is 0.352 e. The van der Waals surface area contributed by atoms with Crippen LogP contribution in [0, 0.1) is 0 Å². The quantitative estimate of drug-likeness (QED) is 0.908. The van der Waals surface area contributed by atoms with Crippen LogP contribution in [0.15, 0.2) is 48.5 Å². The van der Waals surface area contributed by atoms with E-state index < -0.39 is 0 Å². The molecule has 2 rings (SSSR count). The maximum Gasteiger partial charge on any atom is 0.251 e. The summed E-state index contributed by atoms with van der Waals surface area (Å²) in [7, 11) is 0. The Bertz CT molecular complexity index is 567. The van der Waals surface area contributed by atoms with Crippen LogP contribution in [0.1, 0.15) is 15.9 Å². The van der Waals surface area contributed by atoms with Crippen molar-refractivity contribution in [3.05, 3.63) is 69.7 Å². The second-order valence-corrected chi connectivity index (χ2v) is 5.02. The Morgan fingerprint density at radius 1 is 1.00 bits per heavy atom. The van der Waals surface area contributed by atoms with Gasteiger partial charge in [0.05, 0.1) is 0 Å². The highest BCUT2D eigenvalue weighted by Crippen LogP contribution is 2.11. The van der Waals surface area contributed by atoms with Gasteiger partial charge in [0.1, 0.15) is 0 Å². The Balaban J connectivity index is 1.86. The fraction of sp³-hybridized carbons (Fsp3) is 0.133. The van der Waals surface area contributed by atoms with Crippen molar-refractivity contribution in [2.45, 2.75) is 6.42 Å². The van der Waals surface area contributed by atoms with Gasteiger partial charge >= 0.3 is 0 Å². The Morgan fingerprint density at radius 3 is 2.42 bits per heavy atom. The van der Waals surface area contributed by atoms with Gasteiger partial charge in [-0.3, -0.25) is 4.79 Å². The first kappa shape index (κ1) is 13.9. The minimum Gasteiger partial charge on any atom is -0.352 e. The summed E-state index contributed by atoms with van der Waals surface area (Å²) >= 11 is 11.7. The molecular formula is C15H13Cl2NO. The standard InChI is InChI=1S/C15H13Cl2NO/c16-13-6-4-12(5-7-13)15(19)18-9-8-11-2-1-3-14(17)10-11/h1-7,10H,8-9H2,(H,18,19). The number of hydrogen-bond acceptors (Lipinski definition) is 1. The van der Waals surface area contributed by atoms with E-state index in [9.17, 15) is 4.79 Å². The molecule has 0 aromatic heterocycles. The van der Waals surface area contributed by atoms with E-state index in [4.69, 9.17) is 23.2 Å². The van der Waals surface area contributed by atoms with E-state index in [1.165, 1.54) is 0 Å². The molecule has 0 bridgehead atoms. The van der Waals surface area contributed by atoms with E-state index in [2.05, 4.69) is 5.32 Å². The zero-order chi connectivity index (χ0) is 13.7. The highest BCUT2D eigenvalue weighted by Gasteiger charge is 2.04. The molecule has 0 radical (unpaired) electrons. The maximum atomic E-state index is 11.8. The molecule has 2 nitrogen and oxygen atoms in total. The van der Waals surface area contributed by atoms with E-state index in [-0.39, 0.29) is 5.91 Å². The minimum absolute atomic E-state index is 0.0984. The second-order valence-electron chi connectivity index (χ2n) is 4.14. The number of hydrogen-bond donors (Lipinski definition) is 1. The lowest BCUT2D eigenvalue weighted by molar-refractivity contribution is 0.0954. The summed E-state index contributed by atoms with van der Waals surface area (Å²) in [5.74, 6) is -0.0984. The Hall–Kier alpha value is -1.51. The van der Waals surface area contributed by atoms with E-state index in [0.29, 0.717) is 22.2 Å². The van der Waals surface area contributed by atoms with Gasteiger partial charge in [0, 0.05) is 22.2 Å². The Morgan fingerprint density at radius 2 is 1.74 bits per heavy atom. The molecule has 19 heavy (non-hydrogen) atoms. The van der Waals surface area contributed by atoms with E-state index >= 15 is 0 Å². The third-order valence-electron chi connectivity index (χ3n) is 2.69. The van der Waals surface area contributed by atoms with Gasteiger partial charge in [-0.05, 0) is 48.4 Å². The SMILES string of the molecule is O=C(NCCc1cccc(Cl)c1)c1ccc(Cl)cc1. The van der Waals surface area contributed by atoms with Crippen LogP contribution in [0.2, 0.25) is 10.0 Å². The summed E-state index contributed by atoms with van der Waals surface area (Å²) < 4.78 is 0. The van der Waals surface area contributed by atoms with Crippen molar-refractivity contribution in [2.24, 2.45) is 0 Å². The molecule has 0 aliphatic carbocycles. The molecule has 2 aromatic carbocycles. The number of benzene rings is 2. The normalized spacial score (nSPS) is 10.2. The van der Waals surface area contributed by atoms with Gasteiger partial charge in [0.25, 0.3) is 5.91 Å². The summed E-state index contributed by atoms with van der Waals surface area (Å²) in [6, 6.07) is 14.4. The van der Waals surface area contributed by atoms with Crippen molar-refractivity contribution < 1.29 is 4.79 Å². The van der Waals surface area contributed by atoms with Crippen molar-refractivity contribution in [3.63, 3.8) is 0 Å². The fourth-order valence-electron chi connectivity index (χ4n) is 1.72. The lowest BCUT2D eigenvalue weighted by Crippen LogP contribution is -2.25. The van der Waals surface area contributed by atoms with E-state index in [1.54, 1.807) is 24.3 Å². The predicted molar refractivity (Wildman–Crippen MR) is 78.9 cm³/mol. The summed E-state index contributed by atoms with van der Waals surface area (Å²) in [4.78, 5) is 11.8. The molecule has 1 amide bonds. The molecule has 0 unspecified atom stereocenters. The predicted octanol–water partition coefficient (Wildman–Crippen LogP) is 3.97. The molecule has 0 spiro atoms. The summed E-state index contributed by atoms with van der Waals surface area (Å²) in [5.41, 5.74) is 1.71. The smallest absolute Gasteiger partial charge is 0.251 e. The molecule has 0 saturated heterocycles. The minimum atomic E-state index is -0.0984. The molecule has 0 aliphatic rings. The van der Waals surface area contributed by atoms with Gasteiger partial charge in [-0.1, -0.05) is 35.3 Å². The van der Waals surface area contributed by atoms with Crippen LogP contribution in [0.25, 0.3) is 0 Å². The van der Waals surface area contributed by atoms with Crippen LogP contribution in [-0.4, -0.2) is 12.5 Å². The average molecular weight is 294 g/mol. The first-order chi connectivity index (χ1) is 9.15. The van der Waals surface area contributed by atoms with Crippen LogP contribution in [0.3, 0.4) is 0 Å². The molecule has 1 N–H and O–H groups in total. The second kappa shape index (κ2) is 6.60. The number of rotatable bonds is 4. The van der Waals surface area contributed by atoms with Gasteiger partial charge in [-0.2, -0.15) is 0 Å². The van der Waals surface area contributed by atoms with Crippen LogP contribution in [0.4, 0.5) is 0 Å². The highest BCUT2D eigenvalue weighted by atomic mass is 35.5. The van der Waals surface area contributed by atoms with Gasteiger partial charge in [-0.25, -0.2) is 0 Å². The molecule has 2 aromatic rings. The molecule has 0 heterocycles. The number of amides is 1. The lowest BCUT2D eigenvalue weighted by Gasteiger charge is -2.06. The lowest BCUT2D eigenvalue weighted by atomic mass is 10.1. The van der Waals surface area contributed by atoms with Crippen LogP contribution in [0.5, 0.6) is 0 Å². The Kier molecular flexibility index (Phi) is 4.83. The van der Waals surface area contributed by atoms with Crippen LogP contribution in [-0.2, 0) is 6.42 Å². The van der Waals surface area contributed by atoms with E-state index in [1.807, 2.05) is 24.3 Å². The molecule has 4 heteroatoms. The zero-order valence-electron chi connectivity index (χ0n) is 10.2. The number of halogens is 2. The van der Waals surface area contributed by atoms with E-state index in [0.717, 1.165) is 12.0 Å². The first-order valence-electron chi connectivity index (χ1n) is 5.93. The Labute approximate surface area is 122 Å². The first-order valence-corrected chi connectivity index (χ1v) is 6.69. The summed E-state index contributed by atoms with van der Waals surface area (Å²) in [5, 5.41) is 4.19. The third kappa shape index (κ3) is 4.27. The van der Waals surface area contributed by atoms with Gasteiger partial charge in [0.2, 0.25) is 0 Å². The number of carbonyl (C=O) groups excluding carboxylic acids is 1. The molecular weight excluding hydrogens is 281 g/mol. The maximum absolute atomic E-state index is 11.8. The van der Waals surface area contributed by atoms with Crippen molar-refractivity contribution in [1.29, 1.82) is 0 Å². The third-order valence-corrected chi connectivity index (χ3v) is 3.18. The van der Waals surface area contributed by atoms with Gasteiger partial charge in [0.15, 0.2) is 0 Å².